The molecule has 0 radical (unpaired) electrons. The quantitative estimate of drug-likeness (QED) is 0.253. The summed E-state index contributed by atoms with van der Waals surface area (Å²) in [5.74, 6) is 1.23. The number of fused-ring (bicyclic) bond motifs is 1. The maximum atomic E-state index is 13.9. The Balaban J connectivity index is 1.26. The Hall–Kier alpha value is -3.84. The monoisotopic (exact) mass is 558 g/mol. The molecule has 1 saturated carbocycles. The van der Waals surface area contributed by atoms with E-state index in [0.29, 0.717) is 30.3 Å². The zero-order valence-corrected chi connectivity index (χ0v) is 23.4. The Morgan fingerprint density at radius 1 is 0.950 bits per heavy atom. The van der Waals surface area contributed by atoms with E-state index < -0.39 is 0 Å². The lowest BCUT2D eigenvalue weighted by atomic mass is 9.93. The first kappa shape index (κ1) is 27.7. The lowest BCUT2D eigenvalue weighted by Gasteiger charge is -2.35. The summed E-state index contributed by atoms with van der Waals surface area (Å²) in [6.07, 6.45) is 6.13. The number of aromatic nitrogens is 2. The van der Waals surface area contributed by atoms with Gasteiger partial charge in [0.15, 0.2) is 6.61 Å². The molecular formula is C32H35ClN4O3. The summed E-state index contributed by atoms with van der Waals surface area (Å²) in [6.45, 7) is 1.12. The van der Waals surface area contributed by atoms with Crippen LogP contribution in [0.5, 0.6) is 5.75 Å². The summed E-state index contributed by atoms with van der Waals surface area (Å²) >= 11 is 5.90. The van der Waals surface area contributed by atoms with Gasteiger partial charge in [-0.1, -0.05) is 73.3 Å². The van der Waals surface area contributed by atoms with Gasteiger partial charge in [-0.3, -0.25) is 9.59 Å². The maximum Gasteiger partial charge on any atom is 0.257 e. The van der Waals surface area contributed by atoms with Crippen LogP contribution in [-0.4, -0.2) is 45.5 Å². The topological polar surface area (TPSA) is 76.5 Å². The number of halogens is 1. The van der Waals surface area contributed by atoms with Crippen molar-refractivity contribution in [1.29, 1.82) is 0 Å². The van der Waals surface area contributed by atoms with Crippen molar-refractivity contribution in [2.45, 2.75) is 57.7 Å². The van der Waals surface area contributed by atoms with Crippen molar-refractivity contribution in [3.8, 4) is 5.75 Å². The van der Waals surface area contributed by atoms with Gasteiger partial charge in [-0.15, -0.1) is 0 Å². The molecule has 8 heteroatoms. The average Bonchev–Trinajstić information content (AvgIpc) is 3.33. The van der Waals surface area contributed by atoms with Crippen molar-refractivity contribution in [2.24, 2.45) is 0 Å². The Morgan fingerprint density at radius 2 is 1.68 bits per heavy atom. The first-order valence-electron chi connectivity index (χ1n) is 14.0. The predicted octanol–water partition coefficient (Wildman–Crippen LogP) is 5.79. The third kappa shape index (κ3) is 7.21. The summed E-state index contributed by atoms with van der Waals surface area (Å²) in [6, 6.07) is 25.2. The Bertz CT molecular complexity index is 1420. The minimum Gasteiger partial charge on any atom is -0.484 e. The Kier molecular flexibility index (Phi) is 9.34. The van der Waals surface area contributed by atoms with E-state index in [4.69, 9.17) is 21.3 Å². The van der Waals surface area contributed by atoms with Gasteiger partial charge in [-0.25, -0.2) is 4.98 Å². The molecule has 1 aliphatic rings. The van der Waals surface area contributed by atoms with Gasteiger partial charge >= 0.3 is 0 Å². The molecular weight excluding hydrogens is 524 g/mol. The molecule has 0 saturated heterocycles. The Labute approximate surface area is 240 Å². The fraction of sp³-hybridized carbons (Fsp3) is 0.344. The second-order valence-corrected chi connectivity index (χ2v) is 10.7. The number of para-hydroxylation sites is 2. The SMILES string of the molecule is O=C(COc1ccc(Cl)cc1)NCCc1nc2ccccc2n1CC(=O)N(Cc1ccccc1)C1CCCCC1. The molecule has 0 spiro atoms. The summed E-state index contributed by atoms with van der Waals surface area (Å²) in [4.78, 5) is 33.2. The normalized spacial score (nSPS) is 13.7. The smallest absolute Gasteiger partial charge is 0.257 e. The summed E-state index contributed by atoms with van der Waals surface area (Å²) in [5.41, 5.74) is 2.90. The number of carbonyl (C=O) groups is 2. The maximum absolute atomic E-state index is 13.9. The molecule has 40 heavy (non-hydrogen) atoms. The standard InChI is InChI=1S/C32H35ClN4O3/c33-25-15-17-27(18-16-25)40-23-31(38)34-20-19-30-35-28-13-7-8-14-29(28)37(30)22-32(39)36(26-11-5-2-6-12-26)21-24-9-3-1-4-10-24/h1,3-4,7-10,13-18,26H,2,5-6,11-12,19-23H2,(H,34,38). The molecule has 0 unspecified atom stereocenters. The van der Waals surface area contributed by atoms with Gasteiger partial charge in [-0.05, 0) is 54.8 Å². The average molecular weight is 559 g/mol. The van der Waals surface area contributed by atoms with Crippen LogP contribution in [0.2, 0.25) is 5.02 Å². The third-order valence-electron chi connectivity index (χ3n) is 7.41. The lowest BCUT2D eigenvalue weighted by molar-refractivity contribution is -0.135. The first-order valence-corrected chi connectivity index (χ1v) is 14.4. The van der Waals surface area contributed by atoms with Gasteiger partial charge in [-0.2, -0.15) is 0 Å². The molecule has 1 N–H and O–H groups in total. The van der Waals surface area contributed by atoms with Crippen LogP contribution >= 0.6 is 11.6 Å². The zero-order valence-electron chi connectivity index (χ0n) is 22.6. The van der Waals surface area contributed by atoms with Crippen molar-refractivity contribution in [3.63, 3.8) is 0 Å². The fourth-order valence-corrected chi connectivity index (χ4v) is 5.48. The second kappa shape index (κ2) is 13.5. The van der Waals surface area contributed by atoms with Gasteiger partial charge in [0.05, 0.1) is 11.0 Å². The van der Waals surface area contributed by atoms with Crippen LogP contribution in [0, 0.1) is 0 Å². The highest BCUT2D eigenvalue weighted by Crippen LogP contribution is 2.25. The van der Waals surface area contributed by atoms with E-state index in [0.717, 1.165) is 48.1 Å². The molecule has 1 aliphatic carbocycles. The third-order valence-corrected chi connectivity index (χ3v) is 7.66. The van der Waals surface area contributed by atoms with Crippen LogP contribution < -0.4 is 10.1 Å². The van der Waals surface area contributed by atoms with Crippen LogP contribution in [0.1, 0.15) is 43.5 Å². The number of hydrogen-bond donors (Lipinski definition) is 1. The number of ether oxygens (including phenoxy) is 1. The van der Waals surface area contributed by atoms with Gasteiger partial charge < -0.3 is 19.5 Å². The second-order valence-electron chi connectivity index (χ2n) is 10.2. The van der Waals surface area contributed by atoms with Crippen molar-refractivity contribution >= 4 is 34.4 Å². The molecule has 208 valence electrons. The minimum absolute atomic E-state index is 0.0909. The number of imidazole rings is 1. The highest BCUT2D eigenvalue weighted by atomic mass is 35.5. The van der Waals surface area contributed by atoms with E-state index in [-0.39, 0.29) is 31.0 Å². The van der Waals surface area contributed by atoms with E-state index in [1.54, 1.807) is 24.3 Å². The van der Waals surface area contributed by atoms with Crippen LogP contribution in [0.4, 0.5) is 0 Å². The largest absolute Gasteiger partial charge is 0.484 e. The van der Waals surface area contributed by atoms with E-state index in [1.807, 2.05) is 47.0 Å². The first-order chi connectivity index (χ1) is 19.6. The number of nitrogens with zero attached hydrogens (tertiary/aromatic N) is 3. The van der Waals surface area contributed by atoms with Crippen LogP contribution in [0.3, 0.4) is 0 Å². The molecule has 1 aromatic heterocycles. The van der Waals surface area contributed by atoms with Crippen molar-refractivity contribution in [3.05, 3.63) is 95.3 Å². The highest BCUT2D eigenvalue weighted by molar-refractivity contribution is 6.30. The molecule has 2 amide bonds. The number of hydrogen-bond acceptors (Lipinski definition) is 4. The number of nitrogens with one attached hydrogen (secondary N) is 1. The van der Waals surface area contributed by atoms with Crippen LogP contribution in [-0.2, 0) is 29.1 Å². The number of amides is 2. The van der Waals surface area contributed by atoms with E-state index in [1.165, 1.54) is 6.42 Å². The molecule has 7 nitrogen and oxygen atoms in total. The minimum atomic E-state index is -0.222. The molecule has 0 aliphatic heterocycles. The van der Waals surface area contributed by atoms with Gasteiger partial charge in [0.2, 0.25) is 5.91 Å². The molecule has 1 heterocycles. The number of benzene rings is 3. The van der Waals surface area contributed by atoms with E-state index in [2.05, 4.69) is 22.3 Å². The van der Waals surface area contributed by atoms with Gasteiger partial charge in [0.25, 0.3) is 5.91 Å². The molecule has 4 aromatic rings. The zero-order chi connectivity index (χ0) is 27.7. The molecule has 1 fully saturated rings. The summed E-state index contributed by atoms with van der Waals surface area (Å²) in [5, 5.41) is 3.52. The Morgan fingerprint density at radius 3 is 2.45 bits per heavy atom. The molecule has 5 rings (SSSR count). The molecule has 3 aromatic carbocycles. The lowest BCUT2D eigenvalue weighted by Crippen LogP contribution is -2.42. The molecule has 0 bridgehead atoms. The van der Waals surface area contributed by atoms with Crippen LogP contribution in [0.25, 0.3) is 11.0 Å². The van der Waals surface area contributed by atoms with Gasteiger partial charge in [0, 0.05) is 30.6 Å². The highest BCUT2D eigenvalue weighted by Gasteiger charge is 2.27. The predicted molar refractivity (Wildman–Crippen MR) is 157 cm³/mol. The number of rotatable bonds is 11. The van der Waals surface area contributed by atoms with Crippen LogP contribution in [0.15, 0.2) is 78.9 Å². The van der Waals surface area contributed by atoms with E-state index >= 15 is 0 Å². The van der Waals surface area contributed by atoms with Crippen molar-refractivity contribution in [2.75, 3.05) is 13.2 Å². The van der Waals surface area contributed by atoms with Crippen molar-refractivity contribution < 1.29 is 14.3 Å². The van der Waals surface area contributed by atoms with Gasteiger partial charge in [0.1, 0.15) is 18.1 Å². The van der Waals surface area contributed by atoms with E-state index in [9.17, 15) is 9.59 Å². The summed E-state index contributed by atoms with van der Waals surface area (Å²) < 4.78 is 7.55. The fourth-order valence-electron chi connectivity index (χ4n) is 5.36. The van der Waals surface area contributed by atoms with Crippen molar-refractivity contribution in [1.82, 2.24) is 19.8 Å². The number of carbonyl (C=O) groups excluding carboxylic acids is 2. The molecule has 0 atom stereocenters. The summed E-state index contributed by atoms with van der Waals surface area (Å²) in [7, 11) is 0.